The van der Waals surface area contributed by atoms with Gasteiger partial charge in [-0.1, -0.05) is 39.8 Å². The maximum atomic E-state index is 13.6. The van der Waals surface area contributed by atoms with Crippen LogP contribution in [-0.2, 0) is 0 Å². The van der Waals surface area contributed by atoms with Crippen molar-refractivity contribution in [1.29, 1.82) is 0 Å². The van der Waals surface area contributed by atoms with E-state index in [1.165, 1.54) is 11.3 Å². The zero-order chi connectivity index (χ0) is 22.1. The Morgan fingerprint density at radius 3 is 2.12 bits per heavy atom. The van der Waals surface area contributed by atoms with Crippen LogP contribution in [0.3, 0.4) is 0 Å². The van der Waals surface area contributed by atoms with Gasteiger partial charge in [-0.05, 0) is 52.1 Å². The zero-order valence-corrected chi connectivity index (χ0v) is 18.8. The first-order valence-corrected chi connectivity index (χ1v) is 11.3. The number of aromatic amines is 1. The monoisotopic (exact) mass is 419 g/mol. The number of hydrogen-bond acceptors (Lipinski definition) is 3. The third kappa shape index (κ3) is 2.72. The molecule has 0 aliphatic carbocycles. The number of allylic oxidation sites excluding steroid dienone is 1. The van der Waals surface area contributed by atoms with Crippen molar-refractivity contribution in [1.82, 2.24) is 9.97 Å². The minimum absolute atomic E-state index is 0.108. The summed E-state index contributed by atoms with van der Waals surface area (Å²) in [6.45, 7) is 8.58. The number of aliphatic imine (C=N–C) groups is 1. The van der Waals surface area contributed by atoms with Gasteiger partial charge >= 0.3 is 0 Å². The smallest absolute Gasteiger partial charge is 0.194 e. The van der Waals surface area contributed by atoms with Crippen LogP contribution in [0.15, 0.2) is 58.6 Å². The Hall–Kier alpha value is -3.53. The molecule has 0 spiro atoms. The van der Waals surface area contributed by atoms with Gasteiger partial charge in [0.05, 0.1) is 11.9 Å². The molecule has 4 aromatic carbocycles. The highest BCUT2D eigenvalue weighted by Gasteiger charge is 2.21. The molecule has 0 saturated heterocycles. The molecule has 4 nitrogen and oxygen atoms in total. The molecule has 0 bridgehead atoms. The molecule has 4 heteroatoms. The highest BCUT2D eigenvalue weighted by Crippen LogP contribution is 2.39. The molecule has 0 amide bonds. The molecule has 1 aromatic heterocycles. The molecule has 0 unspecified atom stereocenters. The van der Waals surface area contributed by atoms with Crippen molar-refractivity contribution in [3.8, 4) is 11.3 Å². The van der Waals surface area contributed by atoms with Crippen LogP contribution in [-0.4, -0.2) is 15.7 Å². The Bertz CT molecular complexity index is 1620. The van der Waals surface area contributed by atoms with Crippen LogP contribution in [0.25, 0.3) is 49.1 Å². The average Bonchev–Trinajstić information content (AvgIpc) is 3.51. The average molecular weight is 420 g/mol. The second-order valence-corrected chi connectivity index (χ2v) is 9.58. The zero-order valence-electron chi connectivity index (χ0n) is 18.8. The van der Waals surface area contributed by atoms with E-state index in [9.17, 15) is 4.79 Å². The first-order valence-electron chi connectivity index (χ1n) is 11.3. The number of H-pyrrole nitrogens is 1. The van der Waals surface area contributed by atoms with E-state index >= 15 is 0 Å². The lowest BCUT2D eigenvalue weighted by molar-refractivity contribution is 0.795. The number of benzene rings is 3. The largest absolute Gasteiger partial charge is 0.342 e. The summed E-state index contributed by atoms with van der Waals surface area (Å²) < 4.78 is 0. The molecule has 6 rings (SSSR count). The molecule has 0 atom stereocenters. The fourth-order valence-corrected chi connectivity index (χ4v) is 4.93. The van der Waals surface area contributed by atoms with E-state index in [4.69, 9.17) is 0 Å². The van der Waals surface area contributed by atoms with E-state index in [0.717, 1.165) is 61.4 Å². The third-order valence-electron chi connectivity index (χ3n) is 6.77. The Morgan fingerprint density at radius 2 is 1.53 bits per heavy atom. The molecular formula is C28H25N3O. The predicted molar refractivity (Wildman–Crippen MR) is 134 cm³/mol. The standard InChI is InChI=1S/C28H25N3O/c1-14(2)23-11-20(12-29-23)18-7-16-5-6-17-8-19(24-13-30-28(31-24)15(3)4)10-22-26(17)25(16)21(9-18)27(22)32/h5-10,12-15H,11H2,1-4H3,(H,30,31). The number of nitrogens with zero attached hydrogens (tertiary/aromatic N) is 2. The minimum Gasteiger partial charge on any atom is -0.342 e. The lowest BCUT2D eigenvalue weighted by Gasteiger charge is -2.09. The minimum atomic E-state index is 0.108. The van der Waals surface area contributed by atoms with Gasteiger partial charge < -0.3 is 4.98 Å². The fraction of sp³-hybridized carbons (Fsp3) is 0.250. The molecule has 0 fully saturated rings. The maximum Gasteiger partial charge on any atom is 0.194 e. The number of imidazole rings is 1. The van der Waals surface area contributed by atoms with E-state index < -0.39 is 0 Å². The van der Waals surface area contributed by atoms with Crippen molar-refractivity contribution in [2.24, 2.45) is 10.9 Å². The fourth-order valence-electron chi connectivity index (χ4n) is 4.93. The van der Waals surface area contributed by atoms with Crippen LogP contribution in [0.4, 0.5) is 0 Å². The van der Waals surface area contributed by atoms with Gasteiger partial charge in [0.1, 0.15) is 5.82 Å². The number of rotatable bonds is 4. The number of nitrogens with one attached hydrogen (secondary N) is 1. The maximum absolute atomic E-state index is 13.6. The molecule has 2 heterocycles. The quantitative estimate of drug-likeness (QED) is 0.328. The van der Waals surface area contributed by atoms with E-state index in [-0.39, 0.29) is 5.43 Å². The van der Waals surface area contributed by atoms with E-state index in [0.29, 0.717) is 11.8 Å². The summed E-state index contributed by atoms with van der Waals surface area (Å²) >= 11 is 0. The Morgan fingerprint density at radius 1 is 0.875 bits per heavy atom. The van der Waals surface area contributed by atoms with Gasteiger partial charge in [-0.25, -0.2) is 4.98 Å². The molecule has 1 aliphatic heterocycles. The van der Waals surface area contributed by atoms with Crippen LogP contribution in [0.1, 0.15) is 51.4 Å². The van der Waals surface area contributed by atoms with Crippen LogP contribution < -0.4 is 5.43 Å². The van der Waals surface area contributed by atoms with Gasteiger partial charge in [-0.15, -0.1) is 0 Å². The molecule has 32 heavy (non-hydrogen) atoms. The lowest BCUT2D eigenvalue weighted by Crippen LogP contribution is -2.04. The molecule has 0 radical (unpaired) electrons. The van der Waals surface area contributed by atoms with Gasteiger partial charge in [-0.2, -0.15) is 0 Å². The highest BCUT2D eigenvalue weighted by molar-refractivity contribution is 6.27. The van der Waals surface area contributed by atoms with E-state index in [1.54, 1.807) is 0 Å². The van der Waals surface area contributed by atoms with Crippen molar-refractivity contribution < 1.29 is 0 Å². The number of aromatic nitrogens is 2. The Kier molecular flexibility index (Phi) is 4.03. The molecule has 1 aliphatic rings. The van der Waals surface area contributed by atoms with E-state index in [1.807, 2.05) is 18.5 Å². The van der Waals surface area contributed by atoms with Gasteiger partial charge in [0.2, 0.25) is 0 Å². The normalized spacial score (nSPS) is 14.6. The van der Waals surface area contributed by atoms with Crippen molar-refractivity contribution >= 4 is 43.6 Å². The van der Waals surface area contributed by atoms with Crippen molar-refractivity contribution in [2.75, 3.05) is 0 Å². The van der Waals surface area contributed by atoms with Crippen LogP contribution in [0.5, 0.6) is 0 Å². The SMILES string of the molecule is CC(C)C1=NC=C(c2cc3ccc4cc(-c5cnc(C(C)C)[nH]5)cc5c(=O)c(c2)c3c45)C1. The van der Waals surface area contributed by atoms with E-state index in [2.05, 4.69) is 73.0 Å². The summed E-state index contributed by atoms with van der Waals surface area (Å²) in [4.78, 5) is 26.1. The first kappa shape index (κ1) is 19.2. The second-order valence-electron chi connectivity index (χ2n) is 9.58. The van der Waals surface area contributed by atoms with Crippen LogP contribution in [0, 0.1) is 5.92 Å². The molecule has 1 N–H and O–H groups in total. The Labute approximate surface area is 186 Å². The topological polar surface area (TPSA) is 58.1 Å². The first-order chi connectivity index (χ1) is 15.4. The summed E-state index contributed by atoms with van der Waals surface area (Å²) in [5, 5.41) is 5.95. The van der Waals surface area contributed by atoms with Crippen molar-refractivity contribution in [3.63, 3.8) is 0 Å². The molecule has 5 aromatic rings. The predicted octanol–water partition coefficient (Wildman–Crippen LogP) is 6.74. The van der Waals surface area contributed by atoms with Gasteiger partial charge in [0.15, 0.2) is 5.43 Å². The van der Waals surface area contributed by atoms with Crippen molar-refractivity contribution in [2.45, 2.75) is 40.0 Å². The number of hydrogen-bond donors (Lipinski definition) is 1. The van der Waals surface area contributed by atoms with Crippen LogP contribution in [0.2, 0.25) is 0 Å². The summed E-state index contributed by atoms with van der Waals surface area (Å²) in [7, 11) is 0. The van der Waals surface area contributed by atoms with Gasteiger partial charge in [0, 0.05) is 51.4 Å². The summed E-state index contributed by atoms with van der Waals surface area (Å²) in [5.41, 5.74) is 5.55. The molecule has 0 saturated carbocycles. The highest BCUT2D eigenvalue weighted by atomic mass is 16.1. The van der Waals surface area contributed by atoms with Gasteiger partial charge in [-0.3, -0.25) is 9.79 Å². The Balaban J connectivity index is 1.54. The van der Waals surface area contributed by atoms with Gasteiger partial charge in [0.25, 0.3) is 0 Å². The van der Waals surface area contributed by atoms with Crippen molar-refractivity contribution in [3.05, 3.63) is 70.4 Å². The van der Waals surface area contributed by atoms with Crippen LogP contribution >= 0.6 is 0 Å². The lowest BCUT2D eigenvalue weighted by atomic mass is 9.94. The second kappa shape index (κ2) is 6.73. The third-order valence-corrected chi connectivity index (χ3v) is 6.77. The molecule has 158 valence electrons. The summed E-state index contributed by atoms with van der Waals surface area (Å²) in [6.07, 6.45) is 4.69. The summed E-state index contributed by atoms with van der Waals surface area (Å²) in [6, 6.07) is 12.7. The summed E-state index contributed by atoms with van der Waals surface area (Å²) in [5.74, 6) is 1.72. The molecular weight excluding hydrogens is 394 g/mol.